The van der Waals surface area contributed by atoms with Gasteiger partial charge in [-0.15, -0.1) is 0 Å². The van der Waals surface area contributed by atoms with E-state index in [1.807, 2.05) is 0 Å². The van der Waals surface area contributed by atoms with E-state index in [0.717, 1.165) is 6.42 Å². The summed E-state index contributed by atoms with van der Waals surface area (Å²) in [6.07, 6.45) is 0.720. The average molecular weight is 372 g/mol. The maximum absolute atomic E-state index is 12.6. The third kappa shape index (κ3) is 5.72. The lowest BCUT2D eigenvalue weighted by molar-refractivity contribution is 0.0948. The molecule has 0 saturated heterocycles. The van der Waals surface area contributed by atoms with Gasteiger partial charge in [0.25, 0.3) is 11.8 Å². The fourth-order valence-electron chi connectivity index (χ4n) is 2.43. The highest BCUT2D eigenvalue weighted by Gasteiger charge is 2.13. The number of ether oxygens (including phenoxy) is 3. The summed E-state index contributed by atoms with van der Waals surface area (Å²) in [6, 6.07) is 11.6. The molecule has 27 heavy (non-hydrogen) atoms. The maximum Gasteiger partial charge on any atom is 0.255 e. The molecule has 0 aromatic heterocycles. The van der Waals surface area contributed by atoms with E-state index in [1.54, 1.807) is 56.7 Å². The molecule has 2 aromatic carbocycles. The molecular formula is C20H24N2O5. The van der Waals surface area contributed by atoms with Crippen LogP contribution in [0.3, 0.4) is 0 Å². The summed E-state index contributed by atoms with van der Waals surface area (Å²) in [5, 5.41) is 5.58. The highest BCUT2D eigenvalue weighted by atomic mass is 16.5. The number of hydrogen-bond acceptors (Lipinski definition) is 5. The fraction of sp³-hybridized carbons (Fsp3) is 0.300. The van der Waals surface area contributed by atoms with Crippen LogP contribution in [0.1, 0.15) is 27.1 Å². The Morgan fingerprint density at radius 3 is 2.33 bits per heavy atom. The van der Waals surface area contributed by atoms with Gasteiger partial charge in [-0.25, -0.2) is 0 Å². The molecule has 0 atom stereocenters. The number of benzene rings is 2. The van der Waals surface area contributed by atoms with Gasteiger partial charge in [-0.1, -0.05) is 6.07 Å². The first-order valence-electron chi connectivity index (χ1n) is 8.49. The number of hydrogen-bond donors (Lipinski definition) is 2. The number of carbonyl (C=O) groups is 2. The quantitative estimate of drug-likeness (QED) is 0.661. The zero-order valence-electron chi connectivity index (χ0n) is 15.7. The Kier molecular flexibility index (Phi) is 7.63. The van der Waals surface area contributed by atoms with Crippen LogP contribution in [-0.2, 0) is 4.74 Å². The highest BCUT2D eigenvalue weighted by Crippen LogP contribution is 2.29. The van der Waals surface area contributed by atoms with Crippen molar-refractivity contribution in [1.82, 2.24) is 5.32 Å². The Balaban J connectivity index is 2.10. The molecule has 2 aromatic rings. The topological polar surface area (TPSA) is 85.9 Å². The van der Waals surface area contributed by atoms with Crippen LogP contribution in [0.5, 0.6) is 11.5 Å². The van der Waals surface area contributed by atoms with Gasteiger partial charge in [0.15, 0.2) is 0 Å². The van der Waals surface area contributed by atoms with Crippen LogP contribution in [0, 0.1) is 0 Å². The van der Waals surface area contributed by atoms with Crippen LogP contribution in [0.2, 0.25) is 0 Å². The second-order valence-electron chi connectivity index (χ2n) is 5.70. The molecule has 0 aliphatic carbocycles. The van der Waals surface area contributed by atoms with Crippen LogP contribution < -0.4 is 20.1 Å². The SMILES string of the molecule is COCCCNC(=O)c1cccc(C(=O)Nc2cc(OC)ccc2OC)c1. The van der Waals surface area contributed by atoms with E-state index >= 15 is 0 Å². The van der Waals surface area contributed by atoms with Crippen molar-refractivity contribution in [2.75, 3.05) is 39.8 Å². The first-order valence-corrected chi connectivity index (χ1v) is 8.49. The lowest BCUT2D eigenvalue weighted by Gasteiger charge is -2.12. The van der Waals surface area contributed by atoms with Crippen LogP contribution in [-0.4, -0.2) is 46.3 Å². The van der Waals surface area contributed by atoms with E-state index in [-0.39, 0.29) is 11.8 Å². The number of nitrogens with one attached hydrogen (secondary N) is 2. The molecule has 7 nitrogen and oxygen atoms in total. The van der Waals surface area contributed by atoms with Gasteiger partial charge in [-0.05, 0) is 36.8 Å². The molecule has 144 valence electrons. The van der Waals surface area contributed by atoms with E-state index in [4.69, 9.17) is 14.2 Å². The second-order valence-corrected chi connectivity index (χ2v) is 5.70. The van der Waals surface area contributed by atoms with Crippen molar-refractivity contribution in [3.05, 3.63) is 53.6 Å². The van der Waals surface area contributed by atoms with Gasteiger partial charge in [0.2, 0.25) is 0 Å². The minimum atomic E-state index is -0.351. The molecule has 0 heterocycles. The van der Waals surface area contributed by atoms with Crippen LogP contribution >= 0.6 is 0 Å². The molecule has 0 aliphatic rings. The Morgan fingerprint density at radius 2 is 1.67 bits per heavy atom. The smallest absolute Gasteiger partial charge is 0.255 e. The van der Waals surface area contributed by atoms with E-state index in [0.29, 0.717) is 41.5 Å². The van der Waals surface area contributed by atoms with Crippen LogP contribution in [0.15, 0.2) is 42.5 Å². The molecule has 7 heteroatoms. The van der Waals surface area contributed by atoms with Gasteiger partial charge in [0.05, 0.1) is 19.9 Å². The maximum atomic E-state index is 12.6. The summed E-state index contributed by atoms with van der Waals surface area (Å²) in [7, 11) is 4.68. The lowest BCUT2D eigenvalue weighted by Crippen LogP contribution is -2.25. The van der Waals surface area contributed by atoms with Gasteiger partial charge in [-0.3, -0.25) is 9.59 Å². The monoisotopic (exact) mass is 372 g/mol. The summed E-state index contributed by atoms with van der Waals surface area (Å²) in [6.45, 7) is 1.08. The van der Waals surface area contributed by atoms with E-state index in [1.165, 1.54) is 7.11 Å². The van der Waals surface area contributed by atoms with Gasteiger partial charge in [0, 0.05) is 37.5 Å². The molecule has 0 radical (unpaired) electrons. The number of carbonyl (C=O) groups excluding carboxylic acids is 2. The summed E-state index contributed by atoms with van der Waals surface area (Å²) >= 11 is 0. The fourth-order valence-corrected chi connectivity index (χ4v) is 2.43. The van der Waals surface area contributed by atoms with Crippen molar-refractivity contribution in [1.29, 1.82) is 0 Å². The van der Waals surface area contributed by atoms with Crippen molar-refractivity contribution in [3.8, 4) is 11.5 Å². The highest BCUT2D eigenvalue weighted by molar-refractivity contribution is 6.06. The van der Waals surface area contributed by atoms with Gasteiger partial charge < -0.3 is 24.8 Å². The summed E-state index contributed by atoms with van der Waals surface area (Å²) in [5.74, 6) is 0.516. The van der Waals surface area contributed by atoms with Crippen molar-refractivity contribution in [2.24, 2.45) is 0 Å². The Bertz CT molecular complexity index is 792. The lowest BCUT2D eigenvalue weighted by atomic mass is 10.1. The van der Waals surface area contributed by atoms with E-state index in [9.17, 15) is 9.59 Å². The number of anilines is 1. The Hall–Kier alpha value is -3.06. The summed E-state index contributed by atoms with van der Waals surface area (Å²) in [5.41, 5.74) is 1.26. The molecule has 2 amide bonds. The molecule has 0 saturated carbocycles. The Morgan fingerprint density at radius 1 is 0.926 bits per heavy atom. The zero-order chi connectivity index (χ0) is 19.6. The molecule has 2 N–H and O–H groups in total. The van der Waals surface area contributed by atoms with Gasteiger partial charge in [-0.2, -0.15) is 0 Å². The number of amides is 2. The summed E-state index contributed by atoms with van der Waals surface area (Å²) in [4.78, 5) is 24.8. The molecule has 0 aliphatic heterocycles. The Labute approximate surface area is 158 Å². The molecule has 0 fully saturated rings. The molecular weight excluding hydrogens is 348 g/mol. The van der Waals surface area contributed by atoms with Crippen LogP contribution in [0.4, 0.5) is 5.69 Å². The van der Waals surface area contributed by atoms with Crippen molar-refractivity contribution in [3.63, 3.8) is 0 Å². The first kappa shape index (κ1) is 20.3. The van der Waals surface area contributed by atoms with Crippen molar-refractivity contribution in [2.45, 2.75) is 6.42 Å². The minimum Gasteiger partial charge on any atom is -0.497 e. The molecule has 0 bridgehead atoms. The minimum absolute atomic E-state index is 0.236. The molecule has 2 rings (SSSR count). The average Bonchev–Trinajstić information content (AvgIpc) is 2.71. The van der Waals surface area contributed by atoms with Crippen LogP contribution in [0.25, 0.3) is 0 Å². The number of methoxy groups -OCH3 is 3. The predicted octanol–water partition coefficient (Wildman–Crippen LogP) is 2.72. The van der Waals surface area contributed by atoms with Gasteiger partial charge in [0.1, 0.15) is 11.5 Å². The first-order chi connectivity index (χ1) is 13.1. The number of rotatable bonds is 9. The van der Waals surface area contributed by atoms with Crippen molar-refractivity contribution < 1.29 is 23.8 Å². The molecule has 0 unspecified atom stereocenters. The van der Waals surface area contributed by atoms with Crippen molar-refractivity contribution >= 4 is 17.5 Å². The third-order valence-corrected chi connectivity index (χ3v) is 3.85. The molecule has 0 spiro atoms. The van der Waals surface area contributed by atoms with E-state index in [2.05, 4.69) is 10.6 Å². The van der Waals surface area contributed by atoms with E-state index < -0.39 is 0 Å². The third-order valence-electron chi connectivity index (χ3n) is 3.85. The standard InChI is InChI=1S/C20H24N2O5/c1-25-11-5-10-21-19(23)14-6-4-7-15(12-14)20(24)22-17-13-16(26-2)8-9-18(17)27-3/h4,6-9,12-13H,5,10-11H2,1-3H3,(H,21,23)(H,22,24). The second kappa shape index (κ2) is 10.2. The normalized spacial score (nSPS) is 10.2. The summed E-state index contributed by atoms with van der Waals surface area (Å²) < 4.78 is 15.4. The van der Waals surface area contributed by atoms with Gasteiger partial charge >= 0.3 is 0 Å². The predicted molar refractivity (Wildman–Crippen MR) is 103 cm³/mol. The zero-order valence-corrected chi connectivity index (χ0v) is 15.7. The largest absolute Gasteiger partial charge is 0.497 e.